The molecule has 78 valence electrons. The highest BCUT2D eigenvalue weighted by Gasteiger charge is 2.18. The molecule has 3 rings (SSSR count). The lowest BCUT2D eigenvalue weighted by molar-refractivity contribution is 0.280. The average Bonchev–Trinajstić information content (AvgIpc) is 2.54. The molecule has 0 amide bonds. The van der Waals surface area contributed by atoms with Crippen LogP contribution in [0.4, 0.5) is 0 Å². The lowest BCUT2D eigenvalue weighted by Gasteiger charge is -2.26. The summed E-state index contributed by atoms with van der Waals surface area (Å²) in [7, 11) is 0. The Morgan fingerprint density at radius 2 is 2.13 bits per heavy atom. The van der Waals surface area contributed by atoms with Crippen LogP contribution in [0.5, 0.6) is 0 Å². The van der Waals surface area contributed by atoms with Gasteiger partial charge in [0.1, 0.15) is 0 Å². The van der Waals surface area contributed by atoms with Crippen LogP contribution in [-0.2, 0) is 6.54 Å². The van der Waals surface area contributed by atoms with Crippen LogP contribution in [0.15, 0.2) is 30.5 Å². The van der Waals surface area contributed by atoms with Crippen LogP contribution in [0.25, 0.3) is 10.9 Å². The minimum absolute atomic E-state index is 0.823. The molecule has 0 atom stereocenters. The van der Waals surface area contributed by atoms with Crippen LogP contribution in [0.2, 0.25) is 5.02 Å². The van der Waals surface area contributed by atoms with Crippen molar-refractivity contribution in [2.75, 3.05) is 0 Å². The number of fused-ring (bicyclic) bond motifs is 1. The molecule has 1 saturated carbocycles. The Morgan fingerprint density at radius 1 is 1.27 bits per heavy atom. The summed E-state index contributed by atoms with van der Waals surface area (Å²) >= 11 is 5.96. The van der Waals surface area contributed by atoms with Crippen molar-refractivity contribution in [3.63, 3.8) is 0 Å². The van der Waals surface area contributed by atoms with Gasteiger partial charge in [0.25, 0.3) is 0 Å². The summed E-state index contributed by atoms with van der Waals surface area (Å²) in [4.78, 5) is 0. The first-order chi connectivity index (χ1) is 7.33. The molecule has 2 aromatic rings. The van der Waals surface area contributed by atoms with Crippen LogP contribution in [0.1, 0.15) is 19.3 Å². The number of nitrogens with zero attached hydrogens (tertiary/aromatic N) is 1. The van der Waals surface area contributed by atoms with Gasteiger partial charge in [-0.2, -0.15) is 0 Å². The van der Waals surface area contributed by atoms with E-state index in [9.17, 15) is 0 Å². The van der Waals surface area contributed by atoms with Crippen LogP contribution >= 0.6 is 11.6 Å². The monoisotopic (exact) mass is 219 g/mol. The van der Waals surface area contributed by atoms with Gasteiger partial charge in [0.15, 0.2) is 0 Å². The minimum Gasteiger partial charge on any atom is -0.347 e. The van der Waals surface area contributed by atoms with Gasteiger partial charge in [0.05, 0.1) is 0 Å². The van der Waals surface area contributed by atoms with Crippen molar-refractivity contribution in [3.05, 3.63) is 35.5 Å². The number of rotatable bonds is 2. The van der Waals surface area contributed by atoms with Crippen molar-refractivity contribution in [2.45, 2.75) is 25.8 Å². The average molecular weight is 220 g/mol. The molecular weight excluding hydrogens is 206 g/mol. The molecule has 15 heavy (non-hydrogen) atoms. The Labute approximate surface area is 94.7 Å². The van der Waals surface area contributed by atoms with Gasteiger partial charge >= 0.3 is 0 Å². The van der Waals surface area contributed by atoms with Crippen LogP contribution < -0.4 is 0 Å². The topological polar surface area (TPSA) is 4.93 Å². The molecule has 1 heterocycles. The zero-order valence-electron chi connectivity index (χ0n) is 8.62. The Bertz CT molecular complexity index is 482. The summed E-state index contributed by atoms with van der Waals surface area (Å²) in [6.07, 6.45) is 6.38. The summed E-state index contributed by atoms with van der Waals surface area (Å²) in [5.41, 5.74) is 1.31. The van der Waals surface area contributed by atoms with Crippen molar-refractivity contribution in [1.82, 2.24) is 4.57 Å². The summed E-state index contributed by atoms with van der Waals surface area (Å²) < 4.78 is 2.36. The third-order valence-corrected chi connectivity index (χ3v) is 3.65. The fourth-order valence-electron chi connectivity index (χ4n) is 2.28. The number of hydrogen-bond donors (Lipinski definition) is 0. The third kappa shape index (κ3) is 1.65. The quantitative estimate of drug-likeness (QED) is 0.717. The Morgan fingerprint density at radius 3 is 2.87 bits per heavy atom. The largest absolute Gasteiger partial charge is 0.347 e. The molecule has 1 aliphatic rings. The zero-order chi connectivity index (χ0) is 10.3. The summed E-state index contributed by atoms with van der Waals surface area (Å²) in [5, 5.41) is 2.07. The van der Waals surface area contributed by atoms with Crippen molar-refractivity contribution in [2.24, 2.45) is 5.92 Å². The van der Waals surface area contributed by atoms with Gasteiger partial charge in [0, 0.05) is 28.7 Å². The molecule has 0 saturated heterocycles. The second-order valence-corrected chi connectivity index (χ2v) is 4.90. The molecule has 0 aliphatic heterocycles. The Hall–Kier alpha value is -0.950. The molecule has 1 aromatic carbocycles. The zero-order valence-corrected chi connectivity index (χ0v) is 9.37. The molecule has 2 heteroatoms. The number of benzene rings is 1. The molecule has 0 bridgehead atoms. The van der Waals surface area contributed by atoms with Gasteiger partial charge < -0.3 is 4.57 Å². The van der Waals surface area contributed by atoms with Crippen molar-refractivity contribution in [1.29, 1.82) is 0 Å². The van der Waals surface area contributed by atoms with Gasteiger partial charge in [-0.05, 0) is 43.0 Å². The maximum Gasteiger partial charge on any atom is 0.0481 e. The molecule has 0 N–H and O–H groups in total. The standard InChI is InChI=1S/C13H14ClN/c14-12-4-5-13-11(8-12)6-7-15(13)9-10-2-1-3-10/h4-8,10H,1-3,9H2. The van der Waals surface area contributed by atoms with Crippen molar-refractivity contribution < 1.29 is 0 Å². The molecule has 0 unspecified atom stereocenters. The number of hydrogen-bond acceptors (Lipinski definition) is 0. The van der Waals surface area contributed by atoms with E-state index in [-0.39, 0.29) is 0 Å². The van der Waals surface area contributed by atoms with Gasteiger partial charge in [0.2, 0.25) is 0 Å². The Balaban J connectivity index is 1.96. The SMILES string of the molecule is Clc1ccc2c(ccn2CC2CCC2)c1. The fourth-order valence-corrected chi connectivity index (χ4v) is 2.46. The van der Waals surface area contributed by atoms with Gasteiger partial charge in [-0.1, -0.05) is 18.0 Å². The van der Waals surface area contributed by atoms with Gasteiger partial charge in [-0.25, -0.2) is 0 Å². The third-order valence-electron chi connectivity index (χ3n) is 3.41. The highest BCUT2D eigenvalue weighted by atomic mass is 35.5. The molecule has 0 spiro atoms. The smallest absolute Gasteiger partial charge is 0.0481 e. The Kier molecular flexibility index (Phi) is 2.21. The van der Waals surface area contributed by atoms with Crippen molar-refractivity contribution in [3.8, 4) is 0 Å². The van der Waals surface area contributed by atoms with Crippen LogP contribution in [0.3, 0.4) is 0 Å². The lowest BCUT2D eigenvalue weighted by atomic mass is 9.85. The molecule has 1 aromatic heterocycles. The second kappa shape index (κ2) is 3.57. The van der Waals surface area contributed by atoms with E-state index in [4.69, 9.17) is 11.6 Å². The first-order valence-corrected chi connectivity index (χ1v) is 5.95. The number of halogens is 1. The fraction of sp³-hybridized carbons (Fsp3) is 0.385. The second-order valence-electron chi connectivity index (χ2n) is 4.47. The summed E-state index contributed by atoms with van der Waals surface area (Å²) in [5.74, 6) is 0.899. The van der Waals surface area contributed by atoms with E-state index in [1.807, 2.05) is 12.1 Å². The first kappa shape index (κ1) is 9.29. The van der Waals surface area contributed by atoms with E-state index in [1.54, 1.807) is 0 Å². The van der Waals surface area contributed by atoms with E-state index in [2.05, 4.69) is 22.9 Å². The lowest BCUT2D eigenvalue weighted by Crippen LogP contribution is -2.17. The molecule has 1 aliphatic carbocycles. The van der Waals surface area contributed by atoms with Crippen LogP contribution in [0, 0.1) is 5.92 Å². The van der Waals surface area contributed by atoms with Gasteiger partial charge in [-0.3, -0.25) is 0 Å². The number of aromatic nitrogens is 1. The first-order valence-electron chi connectivity index (χ1n) is 5.57. The van der Waals surface area contributed by atoms with Gasteiger partial charge in [-0.15, -0.1) is 0 Å². The molecule has 0 radical (unpaired) electrons. The van der Waals surface area contributed by atoms with E-state index >= 15 is 0 Å². The van der Waals surface area contributed by atoms with E-state index in [0.717, 1.165) is 10.9 Å². The predicted octanol–water partition coefficient (Wildman–Crippen LogP) is 4.09. The maximum atomic E-state index is 5.96. The molecule has 1 fully saturated rings. The normalized spacial score (nSPS) is 16.9. The maximum absolute atomic E-state index is 5.96. The summed E-state index contributed by atoms with van der Waals surface area (Å²) in [6, 6.07) is 8.28. The van der Waals surface area contributed by atoms with Crippen LogP contribution in [-0.4, -0.2) is 4.57 Å². The molecule has 1 nitrogen and oxygen atoms in total. The highest BCUT2D eigenvalue weighted by molar-refractivity contribution is 6.31. The summed E-state index contributed by atoms with van der Waals surface area (Å²) in [6.45, 7) is 1.17. The highest BCUT2D eigenvalue weighted by Crippen LogP contribution is 2.29. The molecular formula is C13H14ClN. The minimum atomic E-state index is 0.823. The van der Waals surface area contributed by atoms with E-state index < -0.39 is 0 Å². The predicted molar refractivity (Wildman–Crippen MR) is 64.3 cm³/mol. The van der Waals surface area contributed by atoms with E-state index in [1.165, 1.54) is 36.7 Å². The van der Waals surface area contributed by atoms with E-state index in [0.29, 0.717) is 0 Å². The van der Waals surface area contributed by atoms with Crippen molar-refractivity contribution >= 4 is 22.5 Å².